The lowest BCUT2D eigenvalue weighted by atomic mass is 9.61. The second-order valence-electron chi connectivity index (χ2n) is 7.67. The van der Waals surface area contributed by atoms with Crippen LogP contribution in [0.2, 0.25) is 0 Å². The van der Waals surface area contributed by atoms with Gasteiger partial charge in [0.2, 0.25) is 0 Å². The van der Waals surface area contributed by atoms with Crippen LogP contribution in [0.5, 0.6) is 0 Å². The van der Waals surface area contributed by atoms with Crippen molar-refractivity contribution >= 4 is 11.9 Å². The molecule has 1 fully saturated rings. The zero-order valence-corrected chi connectivity index (χ0v) is 15.2. The van der Waals surface area contributed by atoms with Crippen LogP contribution in [0.15, 0.2) is 41.0 Å². The van der Waals surface area contributed by atoms with E-state index in [1.54, 1.807) is 0 Å². The Morgan fingerprint density at radius 1 is 1.28 bits per heavy atom. The van der Waals surface area contributed by atoms with Crippen molar-refractivity contribution in [3.63, 3.8) is 0 Å². The topological polar surface area (TPSA) is 57.5 Å². The molecule has 0 unspecified atom stereocenters. The van der Waals surface area contributed by atoms with Crippen LogP contribution in [0, 0.1) is 5.41 Å². The van der Waals surface area contributed by atoms with Crippen molar-refractivity contribution in [2.24, 2.45) is 5.41 Å². The Balaban J connectivity index is 1.88. The first-order valence-corrected chi connectivity index (χ1v) is 9.29. The normalized spacial score (nSPS) is 28.4. The summed E-state index contributed by atoms with van der Waals surface area (Å²) in [6.07, 6.45) is 6.56. The van der Waals surface area contributed by atoms with E-state index in [1.807, 2.05) is 25.1 Å². The van der Waals surface area contributed by atoms with E-state index < -0.39 is 0 Å². The Bertz CT molecular complexity index is 711. The van der Waals surface area contributed by atoms with Crippen molar-refractivity contribution in [1.29, 1.82) is 0 Å². The molecule has 3 nitrogen and oxygen atoms in total. The monoisotopic (exact) mass is 340 g/mol. The van der Waals surface area contributed by atoms with Crippen molar-refractivity contribution in [2.75, 3.05) is 6.61 Å². The maximum Gasteiger partial charge on any atom is 0.184 e. The van der Waals surface area contributed by atoms with Crippen LogP contribution in [0.3, 0.4) is 0 Å². The zero-order chi connectivity index (χ0) is 18.0. The summed E-state index contributed by atoms with van der Waals surface area (Å²) in [6.45, 7) is 4.22. The molecule has 0 heterocycles. The average Bonchev–Trinajstić information content (AvgIpc) is 2.61. The number of Topliss-reactive ketones (excluding diaryl/α,β-unsaturated/α-hetero) is 1. The third-order valence-corrected chi connectivity index (χ3v) is 5.92. The Morgan fingerprint density at radius 3 is 2.68 bits per heavy atom. The molecule has 0 aromatic heterocycles. The predicted octanol–water partition coefficient (Wildman–Crippen LogP) is 3.84. The Kier molecular flexibility index (Phi) is 5.26. The largest absolute Gasteiger partial charge is 0.396 e. The van der Waals surface area contributed by atoms with Crippen molar-refractivity contribution in [3.05, 3.63) is 52.1 Å². The molecule has 0 saturated heterocycles. The fourth-order valence-corrected chi connectivity index (χ4v) is 4.35. The van der Waals surface area contributed by atoms with Gasteiger partial charge in [-0.1, -0.05) is 36.8 Å². The molecule has 134 valence electrons. The lowest BCUT2D eigenvalue weighted by Crippen LogP contribution is -2.42. The van der Waals surface area contributed by atoms with Crippen LogP contribution in [0.4, 0.5) is 0 Å². The molecule has 0 aliphatic heterocycles. The van der Waals surface area contributed by atoms with Gasteiger partial charge in [0.25, 0.3) is 0 Å². The fourth-order valence-electron chi connectivity index (χ4n) is 4.35. The van der Waals surface area contributed by atoms with E-state index in [2.05, 4.69) is 19.1 Å². The number of benzene rings is 1. The van der Waals surface area contributed by atoms with Crippen molar-refractivity contribution in [2.45, 2.75) is 58.5 Å². The molecule has 3 heteroatoms. The number of carbonyl (C=O) groups excluding carboxylic acids is 1. The van der Waals surface area contributed by atoms with Crippen LogP contribution >= 0.6 is 0 Å². The van der Waals surface area contributed by atoms with E-state index in [9.17, 15) is 9.90 Å². The maximum absolute atomic E-state index is 12.8. The van der Waals surface area contributed by atoms with Crippen molar-refractivity contribution in [1.82, 2.24) is 0 Å². The van der Waals surface area contributed by atoms with Gasteiger partial charge in [-0.3, -0.25) is 4.79 Å². The van der Waals surface area contributed by atoms with Crippen LogP contribution in [-0.2, 0) is 11.2 Å². The number of fused-ring (bicyclic) bond motifs is 1. The van der Waals surface area contributed by atoms with Gasteiger partial charge < -0.3 is 10.2 Å². The van der Waals surface area contributed by atoms with Crippen LogP contribution < -0.4 is 0 Å². The highest BCUT2D eigenvalue weighted by Gasteiger charge is 2.45. The Labute approximate surface area is 150 Å². The fraction of sp³-hybridized carbons (Fsp3) is 0.500. The smallest absolute Gasteiger partial charge is 0.184 e. The van der Waals surface area contributed by atoms with Gasteiger partial charge in [-0.05, 0) is 68.2 Å². The number of hydrogen-bond donors (Lipinski definition) is 2. The van der Waals surface area contributed by atoms with Gasteiger partial charge in [0, 0.05) is 17.6 Å². The molecule has 1 saturated carbocycles. The standard InChI is InChI=1S/C22H28O3/c1-15-19-6-3-7-20(24)22(19,2)14-18(21(15)25)13-17-10-8-16(9-11-17)5-4-12-23/h8-11,13,20,23-24H,3-7,12,14H2,1-2H3/b18-13-/t20-,22-/m0/s1. The summed E-state index contributed by atoms with van der Waals surface area (Å²) in [5, 5.41) is 19.5. The second kappa shape index (κ2) is 7.27. The number of allylic oxidation sites excluding steroid dienone is 2. The Hall–Kier alpha value is -1.71. The summed E-state index contributed by atoms with van der Waals surface area (Å²) in [7, 11) is 0. The molecular formula is C22H28O3. The summed E-state index contributed by atoms with van der Waals surface area (Å²) < 4.78 is 0. The lowest BCUT2D eigenvalue weighted by molar-refractivity contribution is -0.113. The molecule has 0 bridgehead atoms. The summed E-state index contributed by atoms with van der Waals surface area (Å²) in [6, 6.07) is 8.17. The van der Waals surface area contributed by atoms with E-state index in [0.717, 1.165) is 54.4 Å². The second-order valence-corrected chi connectivity index (χ2v) is 7.67. The number of aliphatic hydroxyl groups excluding tert-OH is 2. The minimum absolute atomic E-state index is 0.130. The molecule has 2 aliphatic carbocycles. The van der Waals surface area contributed by atoms with Gasteiger partial charge in [-0.25, -0.2) is 0 Å². The predicted molar refractivity (Wildman–Crippen MR) is 100 cm³/mol. The van der Waals surface area contributed by atoms with Gasteiger partial charge >= 0.3 is 0 Å². The maximum atomic E-state index is 12.8. The quantitative estimate of drug-likeness (QED) is 0.819. The van der Waals surface area contributed by atoms with Gasteiger partial charge in [-0.2, -0.15) is 0 Å². The first kappa shape index (κ1) is 18.1. The van der Waals surface area contributed by atoms with Crippen LogP contribution in [-0.4, -0.2) is 28.7 Å². The highest BCUT2D eigenvalue weighted by atomic mass is 16.3. The third-order valence-electron chi connectivity index (χ3n) is 5.92. The summed E-state index contributed by atoms with van der Waals surface area (Å²) >= 11 is 0. The molecule has 0 amide bonds. The van der Waals surface area contributed by atoms with Crippen LogP contribution in [0.1, 0.15) is 57.1 Å². The molecule has 0 spiro atoms. The van der Waals surface area contributed by atoms with Gasteiger partial charge in [0.15, 0.2) is 5.78 Å². The highest BCUT2D eigenvalue weighted by molar-refractivity contribution is 6.12. The average molecular weight is 340 g/mol. The van der Waals surface area contributed by atoms with Crippen molar-refractivity contribution < 1.29 is 15.0 Å². The number of rotatable bonds is 4. The Morgan fingerprint density at radius 2 is 2.00 bits per heavy atom. The molecule has 25 heavy (non-hydrogen) atoms. The summed E-state index contributed by atoms with van der Waals surface area (Å²) in [5.74, 6) is 0.130. The summed E-state index contributed by atoms with van der Waals surface area (Å²) in [5.41, 5.74) is 4.70. The van der Waals surface area contributed by atoms with E-state index in [4.69, 9.17) is 5.11 Å². The summed E-state index contributed by atoms with van der Waals surface area (Å²) in [4.78, 5) is 12.8. The van der Waals surface area contributed by atoms with E-state index in [-0.39, 0.29) is 23.9 Å². The SMILES string of the molecule is CC1=C2CCC[C@H](O)[C@@]2(C)C/C(=C/c2ccc(CCCO)cc2)C1=O. The molecule has 1 aromatic rings. The molecule has 3 rings (SSSR count). The lowest BCUT2D eigenvalue weighted by Gasteiger charge is -2.45. The van der Waals surface area contributed by atoms with Gasteiger partial charge in [-0.15, -0.1) is 0 Å². The molecule has 2 N–H and O–H groups in total. The minimum atomic E-state index is -0.372. The first-order valence-electron chi connectivity index (χ1n) is 9.29. The first-order chi connectivity index (χ1) is 12.0. The number of aliphatic hydroxyl groups is 2. The number of aryl methyl sites for hydroxylation is 1. The third kappa shape index (κ3) is 3.49. The van der Waals surface area contributed by atoms with Crippen molar-refractivity contribution in [3.8, 4) is 0 Å². The van der Waals surface area contributed by atoms with E-state index in [1.165, 1.54) is 5.56 Å². The number of hydrogen-bond acceptors (Lipinski definition) is 3. The molecule has 2 atom stereocenters. The number of carbonyl (C=O) groups is 1. The highest BCUT2D eigenvalue weighted by Crippen LogP contribution is 2.50. The molecule has 0 radical (unpaired) electrons. The number of ketones is 1. The molecule has 2 aliphatic rings. The minimum Gasteiger partial charge on any atom is -0.396 e. The van der Waals surface area contributed by atoms with Gasteiger partial charge in [0.1, 0.15) is 0 Å². The van der Waals surface area contributed by atoms with Crippen LogP contribution in [0.25, 0.3) is 6.08 Å². The van der Waals surface area contributed by atoms with Gasteiger partial charge in [0.05, 0.1) is 6.10 Å². The van der Waals surface area contributed by atoms with E-state index >= 15 is 0 Å². The molecule has 1 aromatic carbocycles. The molecular weight excluding hydrogens is 312 g/mol. The van der Waals surface area contributed by atoms with E-state index in [0.29, 0.717) is 6.42 Å². The zero-order valence-electron chi connectivity index (χ0n) is 15.2.